The largest absolute Gasteiger partial charge is 0.352 e. The number of hydrogen-bond acceptors (Lipinski definition) is 2. The Bertz CT molecular complexity index is 501. The highest BCUT2D eigenvalue weighted by molar-refractivity contribution is 5.86. The van der Waals surface area contributed by atoms with E-state index in [4.69, 9.17) is 0 Å². The molecule has 0 radical (unpaired) electrons. The minimum Gasteiger partial charge on any atom is -0.352 e. The smallest absolute Gasteiger partial charge is 0.225 e. The van der Waals surface area contributed by atoms with Gasteiger partial charge in [0.25, 0.3) is 0 Å². The second-order valence-electron chi connectivity index (χ2n) is 7.63. The first-order chi connectivity index (χ1) is 10.7. The Labute approximate surface area is 132 Å². The molecule has 0 bridgehead atoms. The molecule has 0 spiro atoms. The number of rotatable bonds is 1. The maximum Gasteiger partial charge on any atom is 0.225 e. The van der Waals surface area contributed by atoms with Crippen molar-refractivity contribution in [3.63, 3.8) is 0 Å². The Morgan fingerprint density at radius 1 is 0.864 bits per heavy atom. The Morgan fingerprint density at radius 3 is 2.45 bits per heavy atom. The minimum atomic E-state index is 0.237. The monoisotopic (exact) mass is 302 g/mol. The van der Waals surface area contributed by atoms with Gasteiger partial charge in [-0.05, 0) is 50.4 Å². The molecular weight excluding hydrogens is 276 g/mol. The van der Waals surface area contributed by atoms with Gasteiger partial charge in [-0.25, -0.2) is 0 Å². The summed E-state index contributed by atoms with van der Waals surface area (Å²) in [6.45, 7) is 0. The summed E-state index contributed by atoms with van der Waals surface area (Å²) in [6.07, 6.45) is 13.7. The number of β-lactam (4-membered cyclic amide) rings is 2. The lowest BCUT2D eigenvalue weighted by Gasteiger charge is -2.44. The highest BCUT2D eigenvalue weighted by Gasteiger charge is 2.44. The van der Waals surface area contributed by atoms with E-state index in [9.17, 15) is 9.59 Å². The molecule has 2 saturated heterocycles. The molecule has 4 aliphatic rings. The normalized spacial score (nSPS) is 46.0. The summed E-state index contributed by atoms with van der Waals surface area (Å²) in [6, 6.07) is 0.808. The third-order valence-electron chi connectivity index (χ3n) is 6.36. The number of nitrogens with one attached hydrogen (secondary N) is 2. The van der Waals surface area contributed by atoms with Gasteiger partial charge in [-0.3, -0.25) is 9.59 Å². The highest BCUT2D eigenvalue weighted by Crippen LogP contribution is 2.40. The first-order valence-corrected chi connectivity index (χ1v) is 9.00. The molecular formula is C18H26N2O2. The number of allylic oxidation sites excluding steroid dienone is 2. The van der Waals surface area contributed by atoms with Crippen LogP contribution in [0.15, 0.2) is 12.2 Å². The van der Waals surface area contributed by atoms with Crippen LogP contribution in [-0.4, -0.2) is 23.9 Å². The van der Waals surface area contributed by atoms with Gasteiger partial charge in [0.15, 0.2) is 0 Å². The fraction of sp³-hybridized carbons (Fsp3) is 0.778. The zero-order valence-electron chi connectivity index (χ0n) is 13.1. The zero-order chi connectivity index (χ0) is 15.1. The van der Waals surface area contributed by atoms with Crippen molar-refractivity contribution in [1.82, 2.24) is 10.6 Å². The van der Waals surface area contributed by atoms with Crippen LogP contribution in [0.2, 0.25) is 0 Å². The van der Waals surface area contributed by atoms with E-state index in [0.717, 1.165) is 32.1 Å². The fourth-order valence-electron chi connectivity index (χ4n) is 4.93. The van der Waals surface area contributed by atoms with Crippen LogP contribution in [0.25, 0.3) is 0 Å². The molecule has 1 saturated carbocycles. The molecule has 3 fully saturated rings. The van der Waals surface area contributed by atoms with Crippen molar-refractivity contribution in [2.45, 2.75) is 63.5 Å². The van der Waals surface area contributed by atoms with Crippen molar-refractivity contribution in [2.24, 2.45) is 23.7 Å². The van der Waals surface area contributed by atoms with Crippen LogP contribution in [0.3, 0.4) is 0 Å². The van der Waals surface area contributed by atoms with Crippen LogP contribution >= 0.6 is 0 Å². The van der Waals surface area contributed by atoms with E-state index >= 15 is 0 Å². The second kappa shape index (κ2) is 5.71. The lowest BCUT2D eigenvalue weighted by Crippen LogP contribution is -2.60. The predicted octanol–water partition coefficient (Wildman–Crippen LogP) is 2.15. The summed E-state index contributed by atoms with van der Waals surface area (Å²) in [4.78, 5) is 23.5. The second-order valence-corrected chi connectivity index (χ2v) is 7.63. The maximum absolute atomic E-state index is 11.9. The molecule has 0 aromatic rings. The summed E-state index contributed by atoms with van der Waals surface area (Å²) < 4.78 is 0. The number of amides is 2. The lowest BCUT2D eigenvalue weighted by atomic mass is 9.68. The van der Waals surface area contributed by atoms with Gasteiger partial charge in [-0.15, -0.1) is 0 Å². The number of hydrogen-bond donors (Lipinski definition) is 2. The summed E-state index contributed by atoms with van der Waals surface area (Å²) in [5.74, 6) is 2.13. The Kier molecular flexibility index (Phi) is 3.71. The molecule has 6 unspecified atom stereocenters. The summed E-state index contributed by atoms with van der Waals surface area (Å²) in [7, 11) is 0. The predicted molar refractivity (Wildman–Crippen MR) is 83.9 cm³/mol. The summed E-state index contributed by atoms with van der Waals surface area (Å²) in [5.41, 5.74) is 0. The topological polar surface area (TPSA) is 58.2 Å². The molecule has 2 amide bonds. The quantitative estimate of drug-likeness (QED) is 0.576. The molecule has 4 heteroatoms. The van der Waals surface area contributed by atoms with Gasteiger partial charge in [0, 0.05) is 12.1 Å². The van der Waals surface area contributed by atoms with E-state index in [1.54, 1.807) is 0 Å². The van der Waals surface area contributed by atoms with E-state index in [1.165, 1.54) is 19.3 Å². The van der Waals surface area contributed by atoms with E-state index in [2.05, 4.69) is 22.8 Å². The van der Waals surface area contributed by atoms with Crippen LogP contribution in [0.5, 0.6) is 0 Å². The molecule has 2 aliphatic carbocycles. The maximum atomic E-state index is 11.9. The average Bonchev–Trinajstić information content (AvgIpc) is 2.46. The molecule has 0 aromatic carbocycles. The van der Waals surface area contributed by atoms with Gasteiger partial charge in [0.05, 0.1) is 11.8 Å². The van der Waals surface area contributed by atoms with Gasteiger partial charge in [-0.1, -0.05) is 25.0 Å². The van der Waals surface area contributed by atoms with Gasteiger partial charge in [-0.2, -0.15) is 0 Å². The molecule has 22 heavy (non-hydrogen) atoms. The third-order valence-corrected chi connectivity index (χ3v) is 6.36. The molecule has 2 heterocycles. The van der Waals surface area contributed by atoms with E-state index in [-0.39, 0.29) is 23.7 Å². The van der Waals surface area contributed by atoms with E-state index in [0.29, 0.717) is 23.9 Å². The first kappa shape index (κ1) is 14.3. The van der Waals surface area contributed by atoms with Crippen LogP contribution in [0.1, 0.15) is 51.4 Å². The SMILES string of the molecule is O=C1NC2CC(C3CCCCC4NC(=O)C4C3)/C=C\CCC12. The Balaban J connectivity index is 1.47. The minimum absolute atomic E-state index is 0.237. The highest BCUT2D eigenvalue weighted by atomic mass is 16.2. The van der Waals surface area contributed by atoms with Crippen molar-refractivity contribution in [1.29, 1.82) is 0 Å². The van der Waals surface area contributed by atoms with Gasteiger partial charge < -0.3 is 10.6 Å². The number of carbonyl (C=O) groups is 2. The zero-order valence-corrected chi connectivity index (χ0v) is 13.1. The molecule has 120 valence electrons. The first-order valence-electron chi connectivity index (χ1n) is 9.00. The van der Waals surface area contributed by atoms with Crippen molar-refractivity contribution in [2.75, 3.05) is 0 Å². The summed E-state index contributed by atoms with van der Waals surface area (Å²) >= 11 is 0. The number of carbonyl (C=O) groups excluding carboxylic acids is 2. The van der Waals surface area contributed by atoms with E-state index in [1.807, 2.05) is 0 Å². The molecule has 2 N–H and O–H groups in total. The average molecular weight is 302 g/mol. The van der Waals surface area contributed by atoms with Crippen molar-refractivity contribution in [3.05, 3.63) is 12.2 Å². The molecule has 2 aliphatic heterocycles. The fourth-order valence-corrected chi connectivity index (χ4v) is 4.93. The van der Waals surface area contributed by atoms with Crippen LogP contribution in [0, 0.1) is 23.7 Å². The van der Waals surface area contributed by atoms with E-state index < -0.39 is 0 Å². The van der Waals surface area contributed by atoms with Gasteiger partial charge in [0.1, 0.15) is 0 Å². The van der Waals surface area contributed by atoms with Crippen LogP contribution in [0.4, 0.5) is 0 Å². The molecule has 4 nitrogen and oxygen atoms in total. The molecule has 4 rings (SSSR count). The van der Waals surface area contributed by atoms with Crippen molar-refractivity contribution >= 4 is 11.8 Å². The lowest BCUT2D eigenvalue weighted by molar-refractivity contribution is -0.137. The van der Waals surface area contributed by atoms with Crippen molar-refractivity contribution < 1.29 is 9.59 Å². The summed E-state index contributed by atoms with van der Waals surface area (Å²) in [5, 5.41) is 6.18. The van der Waals surface area contributed by atoms with Crippen LogP contribution < -0.4 is 10.6 Å². The molecule has 0 aromatic heterocycles. The standard InChI is InChI=1S/C18H26N2O2/c21-17-13-7-3-1-6-12(10-16(13)20-17)11-5-2-4-8-15-14(9-11)18(22)19-15/h1,6,11-16H,2-5,7-10H2,(H,19,22)(H,20,21)/b6-1-. The van der Waals surface area contributed by atoms with Gasteiger partial charge in [0.2, 0.25) is 11.8 Å². The molecule has 6 atom stereocenters. The Hall–Kier alpha value is -1.32. The number of fused-ring (bicyclic) bond motifs is 2. The van der Waals surface area contributed by atoms with Crippen LogP contribution in [-0.2, 0) is 9.59 Å². The Morgan fingerprint density at radius 2 is 1.64 bits per heavy atom. The van der Waals surface area contributed by atoms with Gasteiger partial charge >= 0.3 is 0 Å². The third kappa shape index (κ3) is 2.46. The van der Waals surface area contributed by atoms with Crippen molar-refractivity contribution in [3.8, 4) is 0 Å².